The monoisotopic (exact) mass is 189 g/mol. The van der Waals surface area contributed by atoms with Gasteiger partial charge in [0.25, 0.3) is 0 Å². The van der Waals surface area contributed by atoms with Crippen LogP contribution in [0.15, 0.2) is 0 Å². The third-order valence-corrected chi connectivity index (χ3v) is 3.26. The van der Waals surface area contributed by atoms with Crippen LogP contribution in [-0.4, -0.2) is 28.8 Å². The molecular formula is C9H19NOS. The molecular weight excluding hydrogens is 170 g/mol. The van der Waals surface area contributed by atoms with Crippen molar-refractivity contribution >= 4 is 10.8 Å². The van der Waals surface area contributed by atoms with Gasteiger partial charge in [-0.25, -0.2) is 0 Å². The molecule has 1 rings (SSSR count). The summed E-state index contributed by atoms with van der Waals surface area (Å²) in [5, 5.41) is 3.50. The molecule has 0 aliphatic heterocycles. The Bertz CT molecular complexity index is 143. The van der Waals surface area contributed by atoms with Crippen molar-refractivity contribution in [1.82, 2.24) is 5.32 Å². The van der Waals surface area contributed by atoms with Crippen molar-refractivity contribution in [3.05, 3.63) is 0 Å². The highest BCUT2D eigenvalue weighted by molar-refractivity contribution is 7.84. The molecule has 1 N–H and O–H groups in total. The van der Waals surface area contributed by atoms with Crippen LogP contribution in [0.1, 0.15) is 32.1 Å². The van der Waals surface area contributed by atoms with Crippen LogP contribution in [0, 0.1) is 0 Å². The Morgan fingerprint density at radius 2 is 2.08 bits per heavy atom. The molecule has 2 nitrogen and oxygen atoms in total. The third kappa shape index (κ3) is 4.21. The van der Waals surface area contributed by atoms with Crippen molar-refractivity contribution in [3.63, 3.8) is 0 Å². The summed E-state index contributed by atoms with van der Waals surface area (Å²) < 4.78 is 10.7. The van der Waals surface area contributed by atoms with Gasteiger partial charge in [0.2, 0.25) is 0 Å². The lowest BCUT2D eigenvalue weighted by Crippen LogP contribution is -2.27. The molecule has 0 amide bonds. The van der Waals surface area contributed by atoms with Gasteiger partial charge >= 0.3 is 0 Å². The highest BCUT2D eigenvalue weighted by Gasteiger charge is 2.12. The fraction of sp³-hybridized carbons (Fsp3) is 1.00. The van der Waals surface area contributed by atoms with Crippen molar-refractivity contribution in [1.29, 1.82) is 0 Å². The highest BCUT2D eigenvalue weighted by Crippen LogP contribution is 2.17. The standard InChI is InChI=1S/C9H19NOS/c1-12(11)8-4-7-10-9-5-2-3-6-9/h9-10H,2-8H2,1H3. The van der Waals surface area contributed by atoms with Crippen LogP contribution in [-0.2, 0) is 10.8 Å². The zero-order valence-electron chi connectivity index (χ0n) is 7.84. The summed E-state index contributed by atoms with van der Waals surface area (Å²) in [6.07, 6.45) is 8.29. The van der Waals surface area contributed by atoms with Gasteiger partial charge in [0.1, 0.15) is 0 Å². The van der Waals surface area contributed by atoms with Gasteiger partial charge in [-0.3, -0.25) is 4.21 Å². The summed E-state index contributed by atoms with van der Waals surface area (Å²) in [5.41, 5.74) is 0. The first-order valence-electron chi connectivity index (χ1n) is 4.82. The van der Waals surface area contributed by atoms with E-state index in [2.05, 4.69) is 5.32 Å². The Balaban J connectivity index is 1.91. The Morgan fingerprint density at radius 1 is 1.42 bits per heavy atom. The van der Waals surface area contributed by atoms with E-state index in [1.54, 1.807) is 6.26 Å². The van der Waals surface area contributed by atoms with Crippen LogP contribution in [0.5, 0.6) is 0 Å². The number of nitrogens with one attached hydrogen (secondary N) is 1. The first-order valence-corrected chi connectivity index (χ1v) is 6.55. The van der Waals surface area contributed by atoms with Crippen LogP contribution < -0.4 is 5.32 Å². The first kappa shape index (κ1) is 10.2. The molecule has 12 heavy (non-hydrogen) atoms. The van der Waals surface area contributed by atoms with Crippen molar-refractivity contribution in [3.8, 4) is 0 Å². The summed E-state index contributed by atoms with van der Waals surface area (Å²) in [5.74, 6) is 0.847. The van der Waals surface area contributed by atoms with Crippen molar-refractivity contribution in [2.24, 2.45) is 0 Å². The molecule has 1 saturated carbocycles. The minimum absolute atomic E-state index is 0.609. The van der Waals surface area contributed by atoms with Crippen molar-refractivity contribution < 1.29 is 4.21 Å². The number of hydrogen-bond acceptors (Lipinski definition) is 2. The molecule has 1 atom stereocenters. The number of rotatable bonds is 5. The van der Waals surface area contributed by atoms with Crippen LogP contribution in [0.3, 0.4) is 0 Å². The van der Waals surface area contributed by atoms with Gasteiger partial charge in [0.05, 0.1) is 0 Å². The van der Waals surface area contributed by atoms with E-state index in [1.807, 2.05) is 0 Å². The topological polar surface area (TPSA) is 29.1 Å². The van der Waals surface area contributed by atoms with E-state index in [0.29, 0.717) is 0 Å². The van der Waals surface area contributed by atoms with Gasteiger partial charge in [-0.2, -0.15) is 0 Å². The van der Waals surface area contributed by atoms with E-state index >= 15 is 0 Å². The lowest BCUT2D eigenvalue weighted by molar-refractivity contribution is 0.524. The van der Waals surface area contributed by atoms with E-state index in [0.717, 1.165) is 24.8 Å². The summed E-state index contributed by atoms with van der Waals surface area (Å²) in [4.78, 5) is 0. The molecule has 3 heteroatoms. The van der Waals surface area contributed by atoms with Crippen molar-refractivity contribution in [2.75, 3.05) is 18.6 Å². The zero-order valence-corrected chi connectivity index (χ0v) is 8.66. The van der Waals surface area contributed by atoms with E-state index < -0.39 is 10.8 Å². The van der Waals surface area contributed by atoms with Crippen LogP contribution in [0.2, 0.25) is 0 Å². The fourth-order valence-corrected chi connectivity index (χ4v) is 2.26. The Hall–Kier alpha value is 0.110. The van der Waals surface area contributed by atoms with Gasteiger partial charge < -0.3 is 5.32 Å². The van der Waals surface area contributed by atoms with E-state index in [1.165, 1.54) is 25.7 Å². The normalized spacial score (nSPS) is 21.4. The average Bonchev–Trinajstić information content (AvgIpc) is 2.49. The maximum atomic E-state index is 10.7. The van der Waals surface area contributed by atoms with Crippen LogP contribution >= 0.6 is 0 Å². The molecule has 0 saturated heterocycles. The maximum absolute atomic E-state index is 10.7. The second-order valence-electron chi connectivity index (χ2n) is 3.57. The van der Waals surface area contributed by atoms with E-state index in [-0.39, 0.29) is 0 Å². The van der Waals surface area contributed by atoms with Gasteiger partial charge in [0.15, 0.2) is 0 Å². The lowest BCUT2D eigenvalue weighted by Gasteiger charge is -2.10. The fourth-order valence-electron chi connectivity index (χ4n) is 1.71. The highest BCUT2D eigenvalue weighted by atomic mass is 32.2. The lowest BCUT2D eigenvalue weighted by atomic mass is 10.2. The summed E-state index contributed by atoms with van der Waals surface area (Å²) in [7, 11) is -0.609. The first-order chi connectivity index (χ1) is 5.79. The Kier molecular flexibility index (Phi) is 4.84. The maximum Gasteiger partial charge on any atom is 0.0244 e. The van der Waals surface area contributed by atoms with E-state index in [9.17, 15) is 4.21 Å². The molecule has 0 heterocycles. The quantitative estimate of drug-likeness (QED) is 0.660. The summed E-state index contributed by atoms with van der Waals surface area (Å²) in [6.45, 7) is 1.05. The molecule has 0 aromatic heterocycles. The van der Waals surface area contributed by atoms with E-state index in [4.69, 9.17) is 0 Å². The predicted molar refractivity (Wildman–Crippen MR) is 53.8 cm³/mol. The Labute approximate surface area is 77.6 Å². The zero-order chi connectivity index (χ0) is 8.81. The minimum atomic E-state index is -0.609. The van der Waals surface area contributed by atoms with Crippen molar-refractivity contribution in [2.45, 2.75) is 38.1 Å². The van der Waals surface area contributed by atoms with Gasteiger partial charge in [-0.15, -0.1) is 0 Å². The molecule has 0 bridgehead atoms. The smallest absolute Gasteiger partial charge is 0.0244 e. The molecule has 1 aliphatic rings. The summed E-state index contributed by atoms with van der Waals surface area (Å²) in [6, 6.07) is 0.760. The van der Waals surface area contributed by atoms with Crippen LogP contribution in [0.4, 0.5) is 0 Å². The summed E-state index contributed by atoms with van der Waals surface area (Å²) >= 11 is 0. The molecule has 0 aromatic carbocycles. The molecule has 1 aliphatic carbocycles. The molecule has 72 valence electrons. The molecule has 0 aromatic rings. The largest absolute Gasteiger partial charge is 0.314 e. The van der Waals surface area contributed by atoms with Gasteiger partial charge in [0, 0.05) is 28.9 Å². The van der Waals surface area contributed by atoms with Gasteiger partial charge in [-0.1, -0.05) is 12.8 Å². The number of hydrogen-bond donors (Lipinski definition) is 1. The second kappa shape index (κ2) is 5.70. The predicted octanol–water partition coefficient (Wildman–Crippen LogP) is 1.29. The average molecular weight is 189 g/mol. The molecule has 1 fully saturated rings. The Morgan fingerprint density at radius 3 is 2.67 bits per heavy atom. The molecule has 1 unspecified atom stereocenters. The molecule has 0 spiro atoms. The van der Waals surface area contributed by atoms with Gasteiger partial charge in [-0.05, 0) is 25.8 Å². The minimum Gasteiger partial charge on any atom is -0.314 e. The molecule has 0 radical (unpaired) electrons. The van der Waals surface area contributed by atoms with Crippen LogP contribution in [0.25, 0.3) is 0 Å². The SMILES string of the molecule is CS(=O)CCCNC1CCCC1. The third-order valence-electron chi connectivity index (χ3n) is 2.40. The second-order valence-corrected chi connectivity index (χ2v) is 5.12.